The minimum absolute atomic E-state index is 0.0984. The zero-order valence-corrected chi connectivity index (χ0v) is 14.3. The molecular weight excluding hydrogens is 300 g/mol. The Labute approximate surface area is 141 Å². The van der Waals surface area contributed by atoms with Crippen molar-refractivity contribution in [2.45, 2.75) is 51.6 Å². The van der Waals surface area contributed by atoms with Crippen LogP contribution in [0, 0.1) is 0 Å². The third kappa shape index (κ3) is 2.84. The van der Waals surface area contributed by atoms with Gasteiger partial charge in [0.15, 0.2) is 11.5 Å². The van der Waals surface area contributed by atoms with Gasteiger partial charge in [0.2, 0.25) is 0 Å². The van der Waals surface area contributed by atoms with Gasteiger partial charge in [0.1, 0.15) is 5.82 Å². The minimum Gasteiger partial charge on any atom is -0.348 e. The molecule has 3 aromatic heterocycles. The van der Waals surface area contributed by atoms with Gasteiger partial charge in [-0.2, -0.15) is 4.52 Å². The fraction of sp³-hybridized carbons (Fsp3) is 0.444. The molecule has 0 N–H and O–H groups in total. The second-order valence-corrected chi connectivity index (χ2v) is 7.46. The summed E-state index contributed by atoms with van der Waals surface area (Å²) in [6, 6.07) is 8.70. The largest absolute Gasteiger partial charge is 0.348 e. The molecule has 3 heterocycles. The van der Waals surface area contributed by atoms with Gasteiger partial charge in [-0.15, -0.1) is 15.3 Å². The molecule has 1 aliphatic carbocycles. The Balaban J connectivity index is 1.73. The summed E-state index contributed by atoms with van der Waals surface area (Å²) in [6.45, 7) is 7.22. The van der Waals surface area contributed by atoms with Crippen molar-refractivity contribution in [2.24, 2.45) is 0 Å². The summed E-state index contributed by atoms with van der Waals surface area (Å²) >= 11 is 0. The molecule has 24 heavy (non-hydrogen) atoms. The molecule has 1 saturated carbocycles. The van der Waals surface area contributed by atoms with Crippen LogP contribution in [-0.2, 0) is 12.0 Å². The van der Waals surface area contributed by atoms with E-state index in [1.807, 2.05) is 35.1 Å². The first kappa shape index (κ1) is 15.1. The van der Waals surface area contributed by atoms with Gasteiger partial charge in [-0.1, -0.05) is 26.8 Å². The van der Waals surface area contributed by atoms with Crippen LogP contribution in [0.2, 0.25) is 0 Å². The molecule has 0 atom stereocenters. The molecule has 0 aliphatic heterocycles. The maximum Gasteiger partial charge on any atom is 0.178 e. The monoisotopic (exact) mass is 322 g/mol. The third-order valence-electron chi connectivity index (χ3n) is 4.28. The number of aromatic nitrogens is 5. The minimum atomic E-state index is -0.0984. The Morgan fingerprint density at radius 1 is 1.17 bits per heavy atom. The van der Waals surface area contributed by atoms with Gasteiger partial charge in [-0.25, -0.2) is 0 Å². The first-order valence-corrected chi connectivity index (χ1v) is 8.41. The SMILES string of the molecule is CC(C)(C)c1nnc2ccc(N(Cc3cccnc3)C3CC3)nn12. The normalized spacial score (nSPS) is 15.0. The summed E-state index contributed by atoms with van der Waals surface area (Å²) < 4.78 is 1.88. The van der Waals surface area contributed by atoms with Crippen molar-refractivity contribution in [3.8, 4) is 0 Å². The Kier molecular flexibility index (Phi) is 3.48. The quantitative estimate of drug-likeness (QED) is 0.739. The van der Waals surface area contributed by atoms with Crippen LogP contribution in [-0.4, -0.2) is 30.8 Å². The van der Waals surface area contributed by atoms with E-state index in [9.17, 15) is 0 Å². The van der Waals surface area contributed by atoms with Gasteiger partial charge in [-0.05, 0) is 36.6 Å². The van der Waals surface area contributed by atoms with E-state index in [0.717, 1.165) is 23.8 Å². The van der Waals surface area contributed by atoms with E-state index in [2.05, 4.69) is 46.9 Å². The van der Waals surface area contributed by atoms with E-state index < -0.39 is 0 Å². The van der Waals surface area contributed by atoms with Gasteiger partial charge >= 0.3 is 0 Å². The fourth-order valence-corrected chi connectivity index (χ4v) is 2.87. The second-order valence-electron chi connectivity index (χ2n) is 7.46. The number of pyridine rings is 1. The standard InChI is InChI=1S/C18H22N6/c1-18(2,3)17-21-20-15-8-9-16(22-24(15)17)23(14-6-7-14)12-13-5-4-10-19-11-13/h4-5,8-11,14H,6-7,12H2,1-3H3. The lowest BCUT2D eigenvalue weighted by atomic mass is 9.96. The Hall–Kier alpha value is -2.50. The molecule has 1 fully saturated rings. The number of nitrogens with zero attached hydrogens (tertiary/aromatic N) is 6. The Bertz CT molecular complexity index is 845. The third-order valence-corrected chi connectivity index (χ3v) is 4.28. The van der Waals surface area contributed by atoms with Crippen LogP contribution in [0.5, 0.6) is 0 Å². The van der Waals surface area contributed by atoms with Crippen molar-refractivity contribution < 1.29 is 0 Å². The molecule has 4 rings (SSSR count). The molecular formula is C18H22N6. The Morgan fingerprint density at radius 2 is 2.00 bits per heavy atom. The highest BCUT2D eigenvalue weighted by atomic mass is 15.4. The van der Waals surface area contributed by atoms with Crippen LogP contribution in [0.4, 0.5) is 5.82 Å². The lowest BCUT2D eigenvalue weighted by Gasteiger charge is -2.24. The lowest BCUT2D eigenvalue weighted by Crippen LogP contribution is -2.27. The first-order valence-electron chi connectivity index (χ1n) is 8.41. The average Bonchev–Trinajstić information content (AvgIpc) is 3.30. The molecule has 0 amide bonds. The van der Waals surface area contributed by atoms with Crippen molar-refractivity contribution in [1.29, 1.82) is 0 Å². The highest BCUT2D eigenvalue weighted by molar-refractivity contribution is 5.48. The van der Waals surface area contributed by atoms with Crippen LogP contribution in [0.3, 0.4) is 0 Å². The molecule has 3 aromatic rings. The second kappa shape index (κ2) is 5.54. The summed E-state index contributed by atoms with van der Waals surface area (Å²) in [5, 5.41) is 13.4. The zero-order chi connectivity index (χ0) is 16.7. The number of rotatable bonds is 4. The van der Waals surface area contributed by atoms with Gasteiger partial charge < -0.3 is 4.90 Å². The summed E-state index contributed by atoms with van der Waals surface area (Å²) in [6.07, 6.45) is 6.16. The smallest absolute Gasteiger partial charge is 0.178 e. The van der Waals surface area contributed by atoms with Crippen molar-refractivity contribution in [1.82, 2.24) is 24.8 Å². The van der Waals surface area contributed by atoms with E-state index in [1.54, 1.807) is 0 Å². The molecule has 124 valence electrons. The van der Waals surface area contributed by atoms with E-state index in [-0.39, 0.29) is 5.41 Å². The average molecular weight is 322 g/mol. The number of fused-ring (bicyclic) bond motifs is 1. The van der Waals surface area contributed by atoms with E-state index in [1.165, 1.54) is 18.4 Å². The van der Waals surface area contributed by atoms with E-state index in [0.29, 0.717) is 6.04 Å². The van der Waals surface area contributed by atoms with E-state index >= 15 is 0 Å². The number of hydrogen-bond acceptors (Lipinski definition) is 5. The molecule has 0 unspecified atom stereocenters. The predicted octanol–water partition coefficient (Wildman–Crippen LogP) is 2.99. The molecule has 6 heteroatoms. The molecule has 0 saturated heterocycles. The van der Waals surface area contributed by atoms with Crippen molar-refractivity contribution in [2.75, 3.05) is 4.90 Å². The van der Waals surface area contributed by atoms with Gasteiger partial charge in [0.05, 0.1) is 0 Å². The lowest BCUT2D eigenvalue weighted by molar-refractivity contribution is 0.526. The van der Waals surface area contributed by atoms with Crippen molar-refractivity contribution >= 4 is 11.5 Å². The topological polar surface area (TPSA) is 59.2 Å². The van der Waals surface area contributed by atoms with Crippen LogP contribution in [0.1, 0.15) is 45.0 Å². The number of anilines is 1. The first-order chi connectivity index (χ1) is 11.5. The predicted molar refractivity (Wildman–Crippen MR) is 92.9 cm³/mol. The van der Waals surface area contributed by atoms with Crippen LogP contribution in [0.15, 0.2) is 36.7 Å². The maximum absolute atomic E-state index is 4.86. The van der Waals surface area contributed by atoms with Crippen LogP contribution in [0.25, 0.3) is 5.65 Å². The zero-order valence-electron chi connectivity index (χ0n) is 14.3. The molecule has 0 radical (unpaired) electrons. The van der Waals surface area contributed by atoms with Gasteiger partial charge in [0.25, 0.3) is 0 Å². The molecule has 1 aliphatic rings. The fourth-order valence-electron chi connectivity index (χ4n) is 2.87. The van der Waals surface area contributed by atoms with Gasteiger partial charge in [-0.3, -0.25) is 4.98 Å². The summed E-state index contributed by atoms with van der Waals surface area (Å²) in [4.78, 5) is 6.59. The molecule has 6 nitrogen and oxygen atoms in total. The molecule has 0 aromatic carbocycles. The van der Waals surface area contributed by atoms with Crippen LogP contribution < -0.4 is 4.90 Å². The number of hydrogen-bond donors (Lipinski definition) is 0. The summed E-state index contributed by atoms with van der Waals surface area (Å²) in [7, 11) is 0. The van der Waals surface area contributed by atoms with E-state index in [4.69, 9.17) is 5.10 Å². The summed E-state index contributed by atoms with van der Waals surface area (Å²) in [5.41, 5.74) is 1.89. The molecule has 0 bridgehead atoms. The highest BCUT2D eigenvalue weighted by Crippen LogP contribution is 2.32. The molecule has 0 spiro atoms. The van der Waals surface area contributed by atoms with Gasteiger partial charge in [0, 0.05) is 30.4 Å². The Morgan fingerprint density at radius 3 is 2.67 bits per heavy atom. The van der Waals surface area contributed by atoms with Crippen molar-refractivity contribution in [3.05, 3.63) is 48.0 Å². The summed E-state index contributed by atoms with van der Waals surface area (Å²) in [5.74, 6) is 1.86. The van der Waals surface area contributed by atoms with Crippen molar-refractivity contribution in [3.63, 3.8) is 0 Å². The van der Waals surface area contributed by atoms with Crippen LogP contribution >= 0.6 is 0 Å². The highest BCUT2D eigenvalue weighted by Gasteiger charge is 2.31. The maximum atomic E-state index is 4.86.